The van der Waals surface area contributed by atoms with Crippen LogP contribution in [-0.2, 0) is 17.6 Å². The van der Waals surface area contributed by atoms with Gasteiger partial charge in [-0.1, -0.05) is 19.1 Å². The van der Waals surface area contributed by atoms with Crippen molar-refractivity contribution in [2.75, 3.05) is 0 Å². The maximum Gasteiger partial charge on any atom is 0.345 e. The van der Waals surface area contributed by atoms with Crippen molar-refractivity contribution >= 4 is 5.97 Å². The van der Waals surface area contributed by atoms with Gasteiger partial charge in [0.25, 0.3) is 0 Å². The Morgan fingerprint density at radius 3 is 3.07 bits per heavy atom. The number of benzene rings is 1. The summed E-state index contributed by atoms with van der Waals surface area (Å²) in [4.78, 5) is 10.7. The molecule has 0 fully saturated rings. The molecule has 14 heavy (non-hydrogen) atoms. The molecule has 0 saturated heterocycles. The van der Waals surface area contributed by atoms with E-state index in [0.29, 0.717) is 6.42 Å². The first-order valence-electron chi connectivity index (χ1n) is 4.72. The van der Waals surface area contributed by atoms with Crippen molar-refractivity contribution in [3.63, 3.8) is 0 Å². The molecule has 0 bridgehead atoms. The highest BCUT2D eigenvalue weighted by atomic mass is 16.5. The van der Waals surface area contributed by atoms with Crippen LogP contribution in [0.3, 0.4) is 0 Å². The number of rotatable bonds is 2. The average molecular weight is 192 g/mol. The highest BCUT2D eigenvalue weighted by Crippen LogP contribution is 2.29. The molecule has 1 aliphatic rings. The van der Waals surface area contributed by atoms with E-state index in [0.717, 1.165) is 17.7 Å². The van der Waals surface area contributed by atoms with Crippen LogP contribution in [0.25, 0.3) is 0 Å². The lowest BCUT2D eigenvalue weighted by molar-refractivity contribution is -0.144. The Hall–Kier alpha value is -1.51. The third-order valence-electron chi connectivity index (χ3n) is 2.49. The van der Waals surface area contributed by atoms with Crippen LogP contribution in [0.15, 0.2) is 18.2 Å². The largest absolute Gasteiger partial charge is 0.478 e. The van der Waals surface area contributed by atoms with Crippen LogP contribution in [0.4, 0.5) is 0 Å². The van der Waals surface area contributed by atoms with E-state index in [-0.39, 0.29) is 0 Å². The van der Waals surface area contributed by atoms with Crippen LogP contribution >= 0.6 is 0 Å². The van der Waals surface area contributed by atoms with Gasteiger partial charge in [-0.15, -0.1) is 0 Å². The van der Waals surface area contributed by atoms with Crippen molar-refractivity contribution < 1.29 is 14.6 Å². The quantitative estimate of drug-likeness (QED) is 0.774. The number of fused-ring (bicyclic) bond motifs is 1. The van der Waals surface area contributed by atoms with Gasteiger partial charge in [0.2, 0.25) is 0 Å². The van der Waals surface area contributed by atoms with Crippen molar-refractivity contribution in [1.82, 2.24) is 0 Å². The lowest BCUT2D eigenvalue weighted by Crippen LogP contribution is -2.24. The van der Waals surface area contributed by atoms with Crippen LogP contribution in [0.1, 0.15) is 18.1 Å². The second-order valence-electron chi connectivity index (χ2n) is 3.44. The zero-order chi connectivity index (χ0) is 10.1. The number of aliphatic carboxylic acids is 1. The summed E-state index contributed by atoms with van der Waals surface area (Å²) in [6.07, 6.45) is 0.723. The standard InChI is InChI=1S/C11H12O3/c1-2-7-3-4-8-6-10(11(12)13)14-9(8)5-7/h3-5,10H,2,6H2,1H3,(H,12,13)/t10-/m1/s1. The van der Waals surface area contributed by atoms with Gasteiger partial charge in [-0.3, -0.25) is 0 Å². The van der Waals surface area contributed by atoms with E-state index in [1.165, 1.54) is 5.56 Å². The average Bonchev–Trinajstić information content (AvgIpc) is 2.59. The molecule has 0 unspecified atom stereocenters. The number of hydrogen-bond donors (Lipinski definition) is 1. The molecule has 74 valence electrons. The van der Waals surface area contributed by atoms with Gasteiger partial charge in [-0.05, 0) is 23.6 Å². The number of carboxylic acids is 1. The molecule has 3 heteroatoms. The van der Waals surface area contributed by atoms with Crippen LogP contribution in [-0.4, -0.2) is 17.2 Å². The molecule has 1 atom stereocenters. The highest BCUT2D eigenvalue weighted by molar-refractivity contribution is 5.74. The minimum absolute atomic E-state index is 0.481. The molecule has 0 amide bonds. The number of hydrogen-bond acceptors (Lipinski definition) is 2. The summed E-state index contributed by atoms with van der Waals surface area (Å²) in [5.74, 6) is -0.156. The molecule has 1 aliphatic heterocycles. The molecule has 1 aromatic carbocycles. The predicted molar refractivity (Wildman–Crippen MR) is 51.6 cm³/mol. The lowest BCUT2D eigenvalue weighted by atomic mass is 10.1. The normalized spacial score (nSPS) is 18.8. The number of carboxylic acid groups (broad SMARTS) is 1. The number of aryl methyl sites for hydroxylation is 1. The second-order valence-corrected chi connectivity index (χ2v) is 3.44. The van der Waals surface area contributed by atoms with Gasteiger partial charge in [0.05, 0.1) is 0 Å². The zero-order valence-corrected chi connectivity index (χ0v) is 7.99. The van der Waals surface area contributed by atoms with E-state index in [9.17, 15) is 4.79 Å². The monoisotopic (exact) mass is 192 g/mol. The van der Waals surface area contributed by atoms with Gasteiger partial charge in [-0.2, -0.15) is 0 Å². The van der Waals surface area contributed by atoms with Crippen molar-refractivity contribution in [3.8, 4) is 5.75 Å². The van der Waals surface area contributed by atoms with Crippen LogP contribution in [0.5, 0.6) is 5.75 Å². The van der Waals surface area contributed by atoms with Crippen molar-refractivity contribution in [1.29, 1.82) is 0 Å². The Bertz CT molecular complexity index is 371. The molecule has 1 aromatic rings. The fourth-order valence-corrected chi connectivity index (χ4v) is 1.63. The molecule has 0 radical (unpaired) electrons. The Morgan fingerprint density at radius 2 is 2.43 bits per heavy atom. The summed E-state index contributed by atoms with van der Waals surface area (Å²) >= 11 is 0. The molecule has 3 nitrogen and oxygen atoms in total. The maximum atomic E-state index is 10.7. The first kappa shape index (κ1) is 9.06. The van der Waals surface area contributed by atoms with E-state index in [4.69, 9.17) is 9.84 Å². The Balaban J connectivity index is 2.27. The highest BCUT2D eigenvalue weighted by Gasteiger charge is 2.28. The molecule has 1 heterocycles. The first-order valence-corrected chi connectivity index (χ1v) is 4.72. The van der Waals surface area contributed by atoms with E-state index in [2.05, 4.69) is 6.92 Å². The van der Waals surface area contributed by atoms with Crippen molar-refractivity contribution in [3.05, 3.63) is 29.3 Å². The minimum atomic E-state index is -0.890. The molecule has 1 N–H and O–H groups in total. The Morgan fingerprint density at radius 1 is 1.64 bits per heavy atom. The first-order chi connectivity index (χ1) is 6.70. The summed E-state index contributed by atoms with van der Waals surface area (Å²) in [7, 11) is 0. The molecule has 0 saturated carbocycles. The van der Waals surface area contributed by atoms with Crippen LogP contribution in [0, 0.1) is 0 Å². The minimum Gasteiger partial charge on any atom is -0.478 e. The summed E-state index contributed by atoms with van der Waals surface area (Å²) in [5.41, 5.74) is 2.17. The third kappa shape index (κ3) is 1.45. The van der Waals surface area contributed by atoms with Crippen LogP contribution < -0.4 is 4.74 Å². The fraction of sp³-hybridized carbons (Fsp3) is 0.364. The molecule has 0 spiro atoms. The molecular weight excluding hydrogens is 180 g/mol. The van der Waals surface area contributed by atoms with Gasteiger partial charge in [0.1, 0.15) is 5.75 Å². The van der Waals surface area contributed by atoms with Gasteiger partial charge in [-0.25, -0.2) is 4.79 Å². The maximum absolute atomic E-state index is 10.7. The number of carbonyl (C=O) groups is 1. The van der Waals surface area contributed by atoms with Gasteiger partial charge in [0, 0.05) is 6.42 Å². The molecule has 0 aliphatic carbocycles. The van der Waals surface area contributed by atoms with E-state index >= 15 is 0 Å². The van der Waals surface area contributed by atoms with Gasteiger partial charge in [0.15, 0.2) is 6.10 Å². The van der Waals surface area contributed by atoms with Crippen molar-refractivity contribution in [2.45, 2.75) is 25.9 Å². The molecule has 0 aromatic heterocycles. The Labute approximate surface area is 82.3 Å². The summed E-state index contributed by atoms with van der Waals surface area (Å²) < 4.78 is 5.31. The second kappa shape index (κ2) is 3.33. The van der Waals surface area contributed by atoms with Gasteiger partial charge >= 0.3 is 5.97 Å². The zero-order valence-electron chi connectivity index (χ0n) is 7.99. The fourth-order valence-electron chi connectivity index (χ4n) is 1.63. The van der Waals surface area contributed by atoms with E-state index in [1.54, 1.807) is 0 Å². The SMILES string of the molecule is CCc1ccc2c(c1)O[C@@H](C(=O)O)C2. The predicted octanol–water partition coefficient (Wildman–Crippen LogP) is 1.64. The lowest BCUT2D eigenvalue weighted by Gasteiger charge is -2.04. The third-order valence-corrected chi connectivity index (χ3v) is 2.49. The Kier molecular flexibility index (Phi) is 2.15. The topological polar surface area (TPSA) is 46.5 Å². The smallest absolute Gasteiger partial charge is 0.345 e. The van der Waals surface area contributed by atoms with Gasteiger partial charge < -0.3 is 9.84 Å². The molecule has 2 rings (SSSR count). The summed E-state index contributed by atoms with van der Waals surface area (Å²) in [6, 6.07) is 5.90. The van der Waals surface area contributed by atoms with E-state index < -0.39 is 12.1 Å². The molecular formula is C11H12O3. The summed E-state index contributed by atoms with van der Waals surface area (Å²) in [5, 5.41) is 8.79. The number of ether oxygens (including phenoxy) is 1. The van der Waals surface area contributed by atoms with E-state index in [1.807, 2.05) is 18.2 Å². The van der Waals surface area contributed by atoms with Crippen LogP contribution in [0.2, 0.25) is 0 Å². The van der Waals surface area contributed by atoms with Crippen molar-refractivity contribution in [2.24, 2.45) is 0 Å². The summed E-state index contributed by atoms with van der Waals surface area (Å²) in [6.45, 7) is 2.06.